The van der Waals surface area contributed by atoms with Gasteiger partial charge in [-0.2, -0.15) is 0 Å². The van der Waals surface area contributed by atoms with Crippen LogP contribution in [0.3, 0.4) is 0 Å². The summed E-state index contributed by atoms with van der Waals surface area (Å²) in [7, 11) is 0. The van der Waals surface area contributed by atoms with Gasteiger partial charge < -0.3 is 0 Å². The van der Waals surface area contributed by atoms with Crippen LogP contribution in [0.25, 0.3) is 0 Å². The van der Waals surface area contributed by atoms with Crippen LogP contribution in [0.5, 0.6) is 0 Å². The fourth-order valence-corrected chi connectivity index (χ4v) is 7.50. The Morgan fingerprint density at radius 1 is 1.06 bits per heavy atom. The van der Waals surface area contributed by atoms with Gasteiger partial charge in [0.25, 0.3) is 0 Å². The van der Waals surface area contributed by atoms with Gasteiger partial charge in [-0.3, -0.25) is 14.5 Å². The highest BCUT2D eigenvalue weighted by atomic mass is 35.5. The highest BCUT2D eigenvalue weighted by Gasteiger charge is 2.45. The van der Waals surface area contributed by atoms with E-state index in [1.165, 1.54) is 23.1 Å². The second-order valence-corrected chi connectivity index (χ2v) is 13.1. The van der Waals surface area contributed by atoms with E-state index in [1.807, 2.05) is 44.2 Å². The lowest BCUT2D eigenvalue weighted by Gasteiger charge is -2.42. The van der Waals surface area contributed by atoms with Crippen LogP contribution >= 0.6 is 57.9 Å². The minimum Gasteiger partial charge on any atom is -0.294 e. The van der Waals surface area contributed by atoms with E-state index in [9.17, 15) is 9.59 Å². The number of carbonyl (C=O) groups is 2. The van der Waals surface area contributed by atoms with Crippen molar-refractivity contribution in [2.75, 3.05) is 4.90 Å². The van der Waals surface area contributed by atoms with E-state index in [2.05, 4.69) is 10.2 Å². The minimum atomic E-state index is -0.417. The monoisotopic (exact) mass is 577 g/mol. The number of nitrogens with zero attached hydrogens (tertiary/aromatic N) is 3. The van der Waals surface area contributed by atoms with Crippen molar-refractivity contribution < 1.29 is 9.59 Å². The Morgan fingerprint density at radius 2 is 1.83 bits per heavy atom. The van der Waals surface area contributed by atoms with Crippen molar-refractivity contribution in [2.45, 2.75) is 49.1 Å². The predicted molar refractivity (Wildman–Crippen MR) is 147 cm³/mol. The van der Waals surface area contributed by atoms with E-state index < -0.39 is 5.92 Å². The van der Waals surface area contributed by atoms with Crippen molar-refractivity contribution in [3.63, 3.8) is 0 Å². The number of carbonyl (C=O) groups excluding carboxylic acids is 2. The third kappa shape index (κ3) is 5.09. The number of Topliss-reactive ketones (excluding diaryl/α,β-unsaturated/α-hetero) is 1. The van der Waals surface area contributed by atoms with Gasteiger partial charge in [0.1, 0.15) is 0 Å². The topological polar surface area (TPSA) is 63.2 Å². The third-order valence-corrected chi connectivity index (χ3v) is 9.40. The molecule has 5 nitrogen and oxygen atoms in total. The number of halogens is 3. The van der Waals surface area contributed by atoms with Crippen LogP contribution in [-0.4, -0.2) is 21.9 Å². The second-order valence-electron chi connectivity index (χ2n) is 9.68. The molecular weight excluding hydrogens is 557 g/mol. The van der Waals surface area contributed by atoms with Crippen LogP contribution in [0.1, 0.15) is 50.2 Å². The summed E-state index contributed by atoms with van der Waals surface area (Å²) < 4.78 is 0.726. The first-order valence-electron chi connectivity index (χ1n) is 11.4. The van der Waals surface area contributed by atoms with E-state index in [0.717, 1.165) is 15.5 Å². The second kappa shape index (κ2) is 10.1. The SMILES string of the molecule is CC1(C)CC(=O)C2=C(C1)N(c1nnc(SCc3ccccc3Cl)s1)C(=O)CC2c1ccc(Cl)cc1Cl. The van der Waals surface area contributed by atoms with E-state index in [-0.39, 0.29) is 23.5 Å². The molecule has 0 fully saturated rings. The number of hydrogen-bond donors (Lipinski definition) is 0. The Balaban J connectivity index is 1.51. The van der Waals surface area contributed by atoms with Crippen molar-refractivity contribution in [1.82, 2.24) is 10.2 Å². The van der Waals surface area contributed by atoms with Crippen LogP contribution in [0.15, 0.2) is 58.1 Å². The summed E-state index contributed by atoms with van der Waals surface area (Å²) in [6.45, 7) is 4.09. The lowest BCUT2D eigenvalue weighted by molar-refractivity contribution is -0.121. The van der Waals surface area contributed by atoms with Crippen LogP contribution in [-0.2, 0) is 15.3 Å². The smallest absolute Gasteiger partial charge is 0.234 e. The molecule has 10 heteroatoms. The zero-order valence-electron chi connectivity index (χ0n) is 19.6. The van der Waals surface area contributed by atoms with E-state index in [1.54, 1.807) is 17.0 Å². The molecule has 0 N–H and O–H groups in total. The Bertz CT molecular complexity index is 1400. The van der Waals surface area contributed by atoms with Crippen LogP contribution in [0, 0.1) is 5.41 Å². The lowest BCUT2D eigenvalue weighted by atomic mass is 9.69. The molecule has 1 unspecified atom stereocenters. The minimum absolute atomic E-state index is 0.0348. The van der Waals surface area contributed by atoms with E-state index in [0.29, 0.717) is 50.1 Å². The Labute approximate surface area is 232 Å². The molecule has 0 saturated carbocycles. The number of rotatable bonds is 5. The number of benzene rings is 2. The Morgan fingerprint density at radius 3 is 2.58 bits per heavy atom. The highest BCUT2D eigenvalue weighted by molar-refractivity contribution is 8.00. The highest BCUT2D eigenvalue weighted by Crippen LogP contribution is 2.50. The molecule has 3 aromatic rings. The van der Waals surface area contributed by atoms with Crippen molar-refractivity contribution in [1.29, 1.82) is 0 Å². The van der Waals surface area contributed by atoms with Crippen LogP contribution in [0.2, 0.25) is 15.1 Å². The van der Waals surface area contributed by atoms with Crippen molar-refractivity contribution >= 4 is 74.7 Å². The number of hydrogen-bond acceptors (Lipinski definition) is 6. The molecule has 5 rings (SSSR count). The average molecular weight is 579 g/mol. The molecule has 0 spiro atoms. The van der Waals surface area contributed by atoms with Gasteiger partial charge in [-0.15, -0.1) is 10.2 Å². The van der Waals surface area contributed by atoms with Gasteiger partial charge in [-0.25, -0.2) is 0 Å². The molecule has 1 aliphatic carbocycles. The largest absolute Gasteiger partial charge is 0.294 e. The van der Waals surface area contributed by atoms with E-state index in [4.69, 9.17) is 34.8 Å². The molecule has 0 saturated heterocycles. The summed E-state index contributed by atoms with van der Waals surface area (Å²) in [4.78, 5) is 28.7. The Kier molecular flexibility index (Phi) is 7.22. The van der Waals surface area contributed by atoms with Gasteiger partial charge in [0.2, 0.25) is 11.0 Å². The van der Waals surface area contributed by atoms with Crippen molar-refractivity contribution in [2.24, 2.45) is 5.41 Å². The summed E-state index contributed by atoms with van der Waals surface area (Å²) in [5, 5.41) is 10.8. The Hall–Kier alpha value is -1.90. The van der Waals surface area contributed by atoms with Crippen LogP contribution < -0.4 is 4.90 Å². The molecule has 36 heavy (non-hydrogen) atoms. The molecule has 1 atom stereocenters. The molecule has 2 heterocycles. The zero-order chi connectivity index (χ0) is 25.6. The molecule has 0 radical (unpaired) electrons. The molecule has 0 bridgehead atoms. The number of anilines is 1. The summed E-state index contributed by atoms with van der Waals surface area (Å²) >= 11 is 21.8. The maximum Gasteiger partial charge on any atom is 0.234 e. The number of aromatic nitrogens is 2. The fourth-order valence-electron chi connectivity index (χ4n) is 4.79. The summed E-state index contributed by atoms with van der Waals surface area (Å²) in [5.74, 6) is 0.125. The normalized spacial score (nSPS) is 19.6. The molecule has 2 aliphatic rings. The molecule has 1 aliphatic heterocycles. The number of ketones is 1. The summed E-state index contributed by atoms with van der Waals surface area (Å²) in [6, 6.07) is 12.9. The number of thioether (sulfide) groups is 1. The number of allylic oxidation sites excluding steroid dienone is 2. The predicted octanol–water partition coefficient (Wildman–Crippen LogP) is 7.95. The first-order valence-corrected chi connectivity index (χ1v) is 14.3. The maximum atomic E-state index is 13.6. The van der Waals surface area contributed by atoms with Gasteiger partial charge in [0.05, 0.1) is 0 Å². The standard InChI is InChI=1S/C26H22Cl3N3O2S2/c1-26(2)11-20-23(21(33)12-26)17(16-8-7-15(27)9-19(16)29)10-22(34)32(20)24-30-31-25(36-24)35-13-14-5-3-4-6-18(14)28/h3-9,17H,10-13H2,1-2H3. The van der Waals surface area contributed by atoms with Crippen molar-refractivity contribution in [3.8, 4) is 0 Å². The van der Waals surface area contributed by atoms with Crippen molar-refractivity contribution in [3.05, 3.63) is 79.9 Å². The molecular formula is C26H22Cl3N3O2S2. The first kappa shape index (κ1) is 25.7. The average Bonchev–Trinajstić information content (AvgIpc) is 3.25. The van der Waals surface area contributed by atoms with Gasteiger partial charge in [-0.1, -0.05) is 96.0 Å². The molecule has 1 amide bonds. The maximum absolute atomic E-state index is 13.6. The summed E-state index contributed by atoms with van der Waals surface area (Å²) in [6.07, 6.45) is 1.10. The van der Waals surface area contributed by atoms with Gasteiger partial charge in [0, 0.05) is 50.9 Å². The van der Waals surface area contributed by atoms with Gasteiger partial charge in [-0.05, 0) is 41.2 Å². The number of amides is 1. The third-order valence-electron chi connectivity index (χ3n) is 6.38. The molecule has 1 aromatic heterocycles. The van der Waals surface area contributed by atoms with Gasteiger partial charge in [0.15, 0.2) is 10.1 Å². The van der Waals surface area contributed by atoms with E-state index >= 15 is 0 Å². The lowest BCUT2D eigenvalue weighted by Crippen LogP contribution is -2.43. The zero-order valence-corrected chi connectivity index (χ0v) is 23.5. The summed E-state index contributed by atoms with van der Waals surface area (Å²) in [5.41, 5.74) is 2.79. The molecule has 2 aromatic carbocycles. The van der Waals surface area contributed by atoms with Gasteiger partial charge >= 0.3 is 0 Å². The first-order chi connectivity index (χ1) is 17.1. The van der Waals surface area contributed by atoms with Crippen LogP contribution in [0.4, 0.5) is 5.13 Å². The molecule has 186 valence electrons. The quantitative estimate of drug-likeness (QED) is 0.227. The fraction of sp³-hybridized carbons (Fsp3) is 0.308.